The number of nitrogens with zero attached hydrogens (tertiary/aromatic N) is 4. The molecule has 1 aromatic heterocycles. The van der Waals surface area contributed by atoms with Gasteiger partial charge in [-0.25, -0.2) is 9.78 Å². The number of aliphatic hydroxyl groups is 1. The van der Waals surface area contributed by atoms with Crippen LogP contribution in [-0.2, 0) is 4.74 Å². The first-order valence-corrected chi connectivity index (χ1v) is 6.39. The molecule has 1 saturated heterocycles. The van der Waals surface area contributed by atoms with Crippen molar-refractivity contribution in [3.63, 3.8) is 0 Å². The SMILES string of the molecule is CN(CCO)c1cc(C(=O)O)nc(N2CCOCC2)n1. The van der Waals surface area contributed by atoms with Crippen molar-refractivity contribution in [3.8, 4) is 0 Å². The molecule has 2 rings (SSSR count). The topological polar surface area (TPSA) is 99.0 Å². The maximum absolute atomic E-state index is 11.2. The lowest BCUT2D eigenvalue weighted by Gasteiger charge is -2.28. The average Bonchev–Trinajstić information content (AvgIpc) is 2.48. The van der Waals surface area contributed by atoms with Gasteiger partial charge in [0.2, 0.25) is 5.95 Å². The van der Waals surface area contributed by atoms with Crippen LogP contribution in [0.1, 0.15) is 10.5 Å². The number of hydrogen-bond donors (Lipinski definition) is 2. The highest BCUT2D eigenvalue weighted by Crippen LogP contribution is 2.17. The largest absolute Gasteiger partial charge is 0.477 e. The fourth-order valence-corrected chi connectivity index (χ4v) is 1.90. The molecule has 0 aliphatic carbocycles. The van der Waals surface area contributed by atoms with Gasteiger partial charge in [0, 0.05) is 32.7 Å². The van der Waals surface area contributed by atoms with Crippen molar-refractivity contribution in [2.24, 2.45) is 0 Å². The van der Waals surface area contributed by atoms with Gasteiger partial charge in [0.1, 0.15) is 5.82 Å². The van der Waals surface area contributed by atoms with Crippen LogP contribution in [0, 0.1) is 0 Å². The molecule has 0 spiro atoms. The minimum atomic E-state index is -1.10. The minimum Gasteiger partial charge on any atom is -0.477 e. The molecule has 20 heavy (non-hydrogen) atoms. The molecule has 0 saturated carbocycles. The van der Waals surface area contributed by atoms with Crippen LogP contribution < -0.4 is 9.80 Å². The highest BCUT2D eigenvalue weighted by Gasteiger charge is 2.19. The summed E-state index contributed by atoms with van der Waals surface area (Å²) in [5, 5.41) is 18.1. The normalized spacial score (nSPS) is 15.2. The van der Waals surface area contributed by atoms with E-state index in [0.29, 0.717) is 44.6 Å². The van der Waals surface area contributed by atoms with E-state index in [0.717, 1.165) is 0 Å². The Morgan fingerprint density at radius 1 is 1.45 bits per heavy atom. The number of likely N-dealkylation sites (N-methyl/N-ethyl adjacent to an activating group) is 1. The van der Waals surface area contributed by atoms with Crippen molar-refractivity contribution in [1.29, 1.82) is 0 Å². The number of aromatic carboxylic acids is 1. The monoisotopic (exact) mass is 282 g/mol. The number of carboxylic acids is 1. The molecule has 0 unspecified atom stereocenters. The lowest BCUT2D eigenvalue weighted by Crippen LogP contribution is -2.38. The second kappa shape index (κ2) is 6.49. The van der Waals surface area contributed by atoms with Crippen molar-refractivity contribution < 1.29 is 19.7 Å². The molecule has 0 amide bonds. The second-order valence-corrected chi connectivity index (χ2v) is 4.46. The Kier molecular flexibility index (Phi) is 4.70. The number of anilines is 2. The Hall–Kier alpha value is -1.93. The van der Waals surface area contributed by atoms with Crippen molar-refractivity contribution >= 4 is 17.7 Å². The van der Waals surface area contributed by atoms with Gasteiger partial charge >= 0.3 is 5.97 Å². The van der Waals surface area contributed by atoms with Crippen LogP contribution in [0.3, 0.4) is 0 Å². The highest BCUT2D eigenvalue weighted by atomic mass is 16.5. The molecule has 0 bridgehead atoms. The lowest BCUT2D eigenvalue weighted by atomic mass is 10.3. The van der Waals surface area contributed by atoms with Crippen molar-refractivity contribution in [2.45, 2.75) is 0 Å². The van der Waals surface area contributed by atoms with Gasteiger partial charge in [-0.3, -0.25) is 0 Å². The Morgan fingerprint density at radius 2 is 2.15 bits per heavy atom. The van der Waals surface area contributed by atoms with Gasteiger partial charge in [-0.1, -0.05) is 0 Å². The predicted molar refractivity (Wildman–Crippen MR) is 72.4 cm³/mol. The fraction of sp³-hybridized carbons (Fsp3) is 0.583. The summed E-state index contributed by atoms with van der Waals surface area (Å²) in [4.78, 5) is 23.2. The molecule has 1 fully saturated rings. The van der Waals surface area contributed by atoms with Crippen LogP contribution >= 0.6 is 0 Å². The second-order valence-electron chi connectivity index (χ2n) is 4.46. The molecule has 0 radical (unpaired) electrons. The van der Waals surface area contributed by atoms with E-state index in [2.05, 4.69) is 9.97 Å². The van der Waals surface area contributed by atoms with Crippen molar-refractivity contribution in [1.82, 2.24) is 9.97 Å². The molecular formula is C12H18N4O4. The zero-order chi connectivity index (χ0) is 14.5. The predicted octanol–water partition coefficient (Wildman–Crippen LogP) is -0.560. The number of carbonyl (C=O) groups is 1. The fourth-order valence-electron chi connectivity index (χ4n) is 1.90. The summed E-state index contributed by atoms with van der Waals surface area (Å²) in [6, 6.07) is 1.40. The number of aromatic nitrogens is 2. The van der Waals surface area contributed by atoms with Crippen LogP contribution in [0.25, 0.3) is 0 Å². The van der Waals surface area contributed by atoms with E-state index < -0.39 is 5.97 Å². The van der Waals surface area contributed by atoms with E-state index in [1.54, 1.807) is 11.9 Å². The number of carboxylic acid groups (broad SMARTS) is 1. The van der Waals surface area contributed by atoms with E-state index in [1.165, 1.54) is 6.07 Å². The van der Waals surface area contributed by atoms with Crippen molar-refractivity contribution in [3.05, 3.63) is 11.8 Å². The van der Waals surface area contributed by atoms with Gasteiger partial charge in [-0.15, -0.1) is 0 Å². The molecule has 1 aliphatic rings. The summed E-state index contributed by atoms with van der Waals surface area (Å²) in [5.74, 6) is -0.235. The molecular weight excluding hydrogens is 264 g/mol. The zero-order valence-corrected chi connectivity index (χ0v) is 11.3. The standard InChI is InChI=1S/C12H18N4O4/c1-15(2-5-17)10-8-9(11(18)19)13-12(14-10)16-3-6-20-7-4-16/h8,17H,2-7H2,1H3,(H,18,19). The first-order valence-electron chi connectivity index (χ1n) is 6.39. The van der Waals surface area contributed by atoms with Crippen LogP contribution in [0.15, 0.2) is 6.07 Å². The molecule has 110 valence electrons. The van der Waals surface area contributed by atoms with E-state index in [1.807, 2.05) is 4.90 Å². The molecule has 8 heteroatoms. The molecule has 0 aromatic carbocycles. The quantitative estimate of drug-likeness (QED) is 0.741. The lowest BCUT2D eigenvalue weighted by molar-refractivity contribution is 0.0690. The van der Waals surface area contributed by atoms with Crippen LogP contribution in [0.2, 0.25) is 0 Å². The Morgan fingerprint density at radius 3 is 2.75 bits per heavy atom. The summed E-state index contributed by atoms with van der Waals surface area (Å²) < 4.78 is 5.26. The van der Waals surface area contributed by atoms with Crippen LogP contribution in [0.5, 0.6) is 0 Å². The van der Waals surface area contributed by atoms with Gasteiger partial charge in [0.25, 0.3) is 0 Å². The molecule has 1 aliphatic heterocycles. The molecule has 2 N–H and O–H groups in total. The molecule has 2 heterocycles. The smallest absolute Gasteiger partial charge is 0.354 e. The van der Waals surface area contributed by atoms with E-state index in [-0.39, 0.29) is 12.3 Å². The molecule has 8 nitrogen and oxygen atoms in total. The summed E-state index contributed by atoms with van der Waals surface area (Å²) in [7, 11) is 1.74. The number of aliphatic hydroxyl groups excluding tert-OH is 1. The Bertz CT molecular complexity index is 477. The van der Waals surface area contributed by atoms with E-state index in [9.17, 15) is 4.79 Å². The summed E-state index contributed by atoms with van der Waals surface area (Å²) >= 11 is 0. The first-order chi connectivity index (χ1) is 9.61. The Labute approximate surface area is 116 Å². The highest BCUT2D eigenvalue weighted by molar-refractivity contribution is 5.86. The first kappa shape index (κ1) is 14.5. The third kappa shape index (κ3) is 3.34. The molecule has 1 aromatic rings. The number of hydrogen-bond acceptors (Lipinski definition) is 7. The number of morpholine rings is 1. The maximum atomic E-state index is 11.2. The number of rotatable bonds is 5. The van der Waals surface area contributed by atoms with E-state index in [4.69, 9.17) is 14.9 Å². The maximum Gasteiger partial charge on any atom is 0.354 e. The average molecular weight is 282 g/mol. The van der Waals surface area contributed by atoms with Gasteiger partial charge < -0.3 is 24.7 Å². The Balaban J connectivity index is 2.32. The summed E-state index contributed by atoms with van der Waals surface area (Å²) in [6.45, 7) is 2.75. The van der Waals surface area contributed by atoms with Crippen molar-refractivity contribution in [2.75, 3.05) is 56.3 Å². The van der Waals surface area contributed by atoms with Gasteiger partial charge in [0.15, 0.2) is 5.69 Å². The minimum absolute atomic E-state index is 0.0319. The zero-order valence-electron chi connectivity index (χ0n) is 11.3. The van der Waals surface area contributed by atoms with Gasteiger partial charge in [0.05, 0.1) is 19.8 Å². The van der Waals surface area contributed by atoms with Gasteiger partial charge in [-0.2, -0.15) is 4.98 Å². The molecule has 0 atom stereocenters. The van der Waals surface area contributed by atoms with Crippen LogP contribution in [0.4, 0.5) is 11.8 Å². The summed E-state index contributed by atoms with van der Waals surface area (Å²) in [6.07, 6.45) is 0. The van der Waals surface area contributed by atoms with Crippen LogP contribution in [-0.4, -0.2) is 72.7 Å². The third-order valence-corrected chi connectivity index (χ3v) is 3.04. The van der Waals surface area contributed by atoms with Gasteiger partial charge in [-0.05, 0) is 0 Å². The third-order valence-electron chi connectivity index (χ3n) is 3.04. The number of ether oxygens (including phenoxy) is 1. The van der Waals surface area contributed by atoms with E-state index >= 15 is 0 Å². The summed E-state index contributed by atoms with van der Waals surface area (Å²) in [5.41, 5.74) is -0.0544.